The van der Waals surface area contributed by atoms with Gasteiger partial charge in [0.25, 0.3) is 10.0 Å². The van der Waals surface area contributed by atoms with E-state index in [0.29, 0.717) is 12.4 Å². The number of hydrogen-bond acceptors (Lipinski definition) is 5. The van der Waals surface area contributed by atoms with Crippen molar-refractivity contribution in [2.45, 2.75) is 37.1 Å². The lowest BCUT2D eigenvalue weighted by Crippen LogP contribution is -2.14. The van der Waals surface area contributed by atoms with Crippen LogP contribution in [-0.4, -0.2) is 34.3 Å². The fourth-order valence-corrected chi connectivity index (χ4v) is 4.55. The summed E-state index contributed by atoms with van der Waals surface area (Å²) in [6, 6.07) is 8.84. The number of nitrogens with one attached hydrogen (secondary N) is 1. The molecule has 0 saturated heterocycles. The third kappa shape index (κ3) is 3.90. The van der Waals surface area contributed by atoms with Crippen LogP contribution in [0, 0.1) is 5.82 Å². The highest BCUT2D eigenvalue weighted by Gasteiger charge is 2.21. The van der Waals surface area contributed by atoms with E-state index in [1.54, 1.807) is 0 Å². The van der Waals surface area contributed by atoms with Crippen molar-refractivity contribution in [2.24, 2.45) is 0 Å². The number of aromatic nitrogens is 3. The Bertz CT molecular complexity index is 1220. The molecular formula is C20H19FN4O4S. The van der Waals surface area contributed by atoms with E-state index in [4.69, 9.17) is 5.11 Å². The van der Waals surface area contributed by atoms with Crippen LogP contribution in [0.2, 0.25) is 0 Å². The van der Waals surface area contributed by atoms with E-state index in [9.17, 15) is 17.6 Å². The zero-order valence-electron chi connectivity index (χ0n) is 15.9. The molecule has 0 amide bonds. The zero-order valence-corrected chi connectivity index (χ0v) is 16.7. The van der Waals surface area contributed by atoms with E-state index < -0.39 is 21.8 Å². The Labute approximate surface area is 172 Å². The molecule has 0 unspecified atom stereocenters. The van der Waals surface area contributed by atoms with Crippen LogP contribution in [0.5, 0.6) is 0 Å². The molecule has 0 atom stereocenters. The predicted molar refractivity (Wildman–Crippen MR) is 107 cm³/mol. The van der Waals surface area contributed by atoms with Crippen molar-refractivity contribution in [3.8, 4) is 11.4 Å². The van der Waals surface area contributed by atoms with Crippen LogP contribution < -0.4 is 4.72 Å². The molecule has 1 aliphatic heterocycles. The Balaban J connectivity index is 1.68. The predicted octanol–water partition coefficient (Wildman–Crippen LogP) is 3.31. The highest BCUT2D eigenvalue weighted by Crippen LogP contribution is 2.28. The molecular weight excluding hydrogens is 411 g/mol. The number of sulfonamides is 1. The van der Waals surface area contributed by atoms with Crippen molar-refractivity contribution in [1.29, 1.82) is 0 Å². The van der Waals surface area contributed by atoms with E-state index in [2.05, 4.69) is 14.9 Å². The first-order valence-corrected chi connectivity index (χ1v) is 10.9. The van der Waals surface area contributed by atoms with Crippen molar-refractivity contribution >= 4 is 21.7 Å². The second-order valence-electron chi connectivity index (χ2n) is 7.04. The number of benzene rings is 2. The smallest absolute Gasteiger partial charge is 0.335 e. The molecule has 3 aromatic rings. The molecule has 0 saturated carbocycles. The molecule has 30 heavy (non-hydrogen) atoms. The molecule has 1 aliphatic rings. The van der Waals surface area contributed by atoms with E-state index in [-0.39, 0.29) is 21.7 Å². The first-order chi connectivity index (χ1) is 14.3. The maximum absolute atomic E-state index is 14.6. The topological polar surface area (TPSA) is 114 Å². The van der Waals surface area contributed by atoms with Crippen molar-refractivity contribution in [3.05, 3.63) is 59.7 Å². The number of carboxylic acid groups (broad SMARTS) is 1. The molecule has 10 heteroatoms. The second kappa shape index (κ2) is 7.86. The van der Waals surface area contributed by atoms with Gasteiger partial charge in [0.05, 0.1) is 16.0 Å². The van der Waals surface area contributed by atoms with Gasteiger partial charge in [0.2, 0.25) is 0 Å². The molecule has 4 rings (SSSR count). The zero-order chi connectivity index (χ0) is 21.3. The Kier molecular flexibility index (Phi) is 5.25. The minimum absolute atomic E-state index is 0.137. The van der Waals surface area contributed by atoms with Crippen LogP contribution in [0.3, 0.4) is 0 Å². The first-order valence-electron chi connectivity index (χ1n) is 9.43. The Morgan fingerprint density at radius 3 is 2.73 bits per heavy atom. The maximum atomic E-state index is 14.6. The van der Waals surface area contributed by atoms with E-state index in [1.165, 1.54) is 36.4 Å². The Hall–Kier alpha value is -3.27. The standard InChI is InChI=1S/C20H19FN4O4S/c21-17-9-8-14(24-30(28,29)15-6-4-5-13(11-15)20(26)27)12-16(17)19-23-22-18-7-2-1-3-10-25(18)19/h4-6,8-9,11-12,24H,1-3,7,10H2,(H,26,27). The number of rotatable bonds is 5. The van der Waals surface area contributed by atoms with Crippen LogP contribution >= 0.6 is 0 Å². The number of fused-ring (bicyclic) bond motifs is 1. The van der Waals surface area contributed by atoms with Crippen LogP contribution in [0.4, 0.5) is 10.1 Å². The lowest BCUT2D eigenvalue weighted by Gasteiger charge is -2.12. The molecule has 2 aromatic carbocycles. The lowest BCUT2D eigenvalue weighted by atomic mass is 10.1. The van der Waals surface area contributed by atoms with Gasteiger partial charge >= 0.3 is 5.97 Å². The molecule has 156 valence electrons. The SMILES string of the molecule is O=C(O)c1cccc(S(=O)(=O)Nc2ccc(F)c(-c3nnc4n3CCCCC4)c2)c1. The molecule has 2 N–H and O–H groups in total. The third-order valence-electron chi connectivity index (χ3n) is 4.96. The number of halogens is 1. The van der Waals surface area contributed by atoms with Gasteiger partial charge in [-0.2, -0.15) is 0 Å². The first kappa shape index (κ1) is 20.0. The maximum Gasteiger partial charge on any atom is 0.335 e. The van der Waals surface area contributed by atoms with Gasteiger partial charge in [-0.25, -0.2) is 17.6 Å². The van der Waals surface area contributed by atoms with Crippen molar-refractivity contribution in [3.63, 3.8) is 0 Å². The summed E-state index contributed by atoms with van der Waals surface area (Å²) < 4.78 is 44.2. The Morgan fingerprint density at radius 2 is 1.93 bits per heavy atom. The van der Waals surface area contributed by atoms with Crippen LogP contribution in [0.15, 0.2) is 47.4 Å². The molecule has 0 aliphatic carbocycles. The average Bonchev–Trinajstić information content (AvgIpc) is 2.97. The quantitative estimate of drug-likeness (QED) is 0.642. The lowest BCUT2D eigenvalue weighted by molar-refractivity contribution is 0.0696. The van der Waals surface area contributed by atoms with Crippen molar-refractivity contribution in [2.75, 3.05) is 4.72 Å². The summed E-state index contributed by atoms with van der Waals surface area (Å²) in [5.74, 6) is -0.620. The molecule has 0 bridgehead atoms. The van der Waals surface area contributed by atoms with Gasteiger partial charge in [-0.05, 0) is 49.2 Å². The Morgan fingerprint density at radius 1 is 1.10 bits per heavy atom. The number of hydrogen-bond donors (Lipinski definition) is 2. The normalized spacial score (nSPS) is 14.0. The van der Waals surface area contributed by atoms with Crippen LogP contribution in [0.1, 0.15) is 35.4 Å². The summed E-state index contributed by atoms with van der Waals surface area (Å²) in [4.78, 5) is 10.9. The van der Waals surface area contributed by atoms with Gasteiger partial charge in [-0.1, -0.05) is 12.5 Å². The second-order valence-corrected chi connectivity index (χ2v) is 8.72. The summed E-state index contributed by atoms with van der Waals surface area (Å²) in [7, 11) is -4.07. The van der Waals surface area contributed by atoms with Crippen LogP contribution in [0.25, 0.3) is 11.4 Å². The fourth-order valence-electron chi connectivity index (χ4n) is 3.45. The van der Waals surface area contributed by atoms with Gasteiger partial charge in [0, 0.05) is 18.7 Å². The number of anilines is 1. The summed E-state index contributed by atoms with van der Waals surface area (Å²) in [6.45, 7) is 0.676. The summed E-state index contributed by atoms with van der Waals surface area (Å²) in [6.07, 6.45) is 3.75. The number of aromatic carboxylic acids is 1. The molecule has 1 aromatic heterocycles. The van der Waals surface area contributed by atoms with Crippen molar-refractivity contribution in [1.82, 2.24) is 14.8 Å². The van der Waals surface area contributed by atoms with E-state index in [0.717, 1.165) is 37.6 Å². The van der Waals surface area contributed by atoms with Gasteiger partial charge in [-0.15, -0.1) is 10.2 Å². The summed E-state index contributed by atoms with van der Waals surface area (Å²) in [5.41, 5.74) is 0.136. The highest BCUT2D eigenvalue weighted by molar-refractivity contribution is 7.92. The number of carboxylic acids is 1. The minimum Gasteiger partial charge on any atom is -0.478 e. The van der Waals surface area contributed by atoms with E-state index >= 15 is 0 Å². The van der Waals surface area contributed by atoms with Gasteiger partial charge < -0.3 is 9.67 Å². The minimum atomic E-state index is -4.07. The fraction of sp³-hybridized carbons (Fsp3) is 0.250. The monoisotopic (exact) mass is 430 g/mol. The average molecular weight is 430 g/mol. The highest BCUT2D eigenvalue weighted by atomic mass is 32.2. The molecule has 0 radical (unpaired) electrons. The van der Waals surface area contributed by atoms with E-state index in [1.807, 2.05) is 4.57 Å². The van der Waals surface area contributed by atoms with Crippen molar-refractivity contribution < 1.29 is 22.7 Å². The largest absolute Gasteiger partial charge is 0.478 e. The number of carbonyl (C=O) groups is 1. The summed E-state index contributed by atoms with van der Waals surface area (Å²) >= 11 is 0. The van der Waals surface area contributed by atoms with Crippen LogP contribution in [-0.2, 0) is 23.0 Å². The molecule has 0 spiro atoms. The molecule has 8 nitrogen and oxygen atoms in total. The third-order valence-corrected chi connectivity index (χ3v) is 6.34. The molecule has 0 fully saturated rings. The number of nitrogens with zero attached hydrogens (tertiary/aromatic N) is 3. The number of aryl methyl sites for hydroxylation is 1. The van der Waals surface area contributed by atoms with Gasteiger partial charge in [0.1, 0.15) is 11.6 Å². The van der Waals surface area contributed by atoms with Gasteiger partial charge in [0.15, 0.2) is 5.82 Å². The summed E-state index contributed by atoms with van der Waals surface area (Å²) in [5, 5.41) is 17.4. The molecule has 2 heterocycles. The van der Waals surface area contributed by atoms with Gasteiger partial charge in [-0.3, -0.25) is 4.72 Å².